The highest BCUT2D eigenvalue weighted by molar-refractivity contribution is 6.50. The number of rotatable bonds is 11. The van der Waals surface area contributed by atoms with E-state index >= 15 is 0 Å². The van der Waals surface area contributed by atoms with E-state index in [9.17, 15) is 19.5 Å². The van der Waals surface area contributed by atoms with Crippen LogP contribution in [0.3, 0.4) is 0 Å². The summed E-state index contributed by atoms with van der Waals surface area (Å²) in [6, 6.07) is 13.7. The lowest BCUT2D eigenvalue weighted by Gasteiger charge is -2.34. The molecule has 37 heavy (non-hydrogen) atoms. The zero-order chi connectivity index (χ0) is 26.6. The SMILES string of the molecule is C=CCOc1ccc(/C(O)=C2/C(=O)C(=O)N(CCCOC)C23C(=O)N(CCCC)c2ccccc23)cc1. The number of aliphatic hydroxyl groups excluding tert-OH is 1. The third kappa shape index (κ3) is 4.31. The predicted octanol–water partition coefficient (Wildman–Crippen LogP) is 4.01. The van der Waals surface area contributed by atoms with E-state index in [1.807, 2.05) is 19.1 Å². The number of nitrogens with zero attached hydrogens (tertiary/aromatic N) is 2. The summed E-state index contributed by atoms with van der Waals surface area (Å²) in [6.07, 6.45) is 3.65. The molecule has 2 aromatic carbocycles. The number of fused-ring (bicyclic) bond motifs is 2. The average molecular weight is 505 g/mol. The van der Waals surface area contributed by atoms with Crippen LogP contribution in [0, 0.1) is 0 Å². The van der Waals surface area contributed by atoms with E-state index in [1.165, 1.54) is 4.90 Å². The maximum absolute atomic E-state index is 14.3. The molecule has 0 saturated carbocycles. The van der Waals surface area contributed by atoms with Gasteiger partial charge in [0.1, 0.15) is 18.1 Å². The molecule has 1 unspecified atom stereocenters. The second kappa shape index (κ2) is 11.0. The summed E-state index contributed by atoms with van der Waals surface area (Å²) in [5.41, 5.74) is -0.517. The van der Waals surface area contributed by atoms with Crippen molar-refractivity contribution in [3.05, 3.63) is 77.9 Å². The molecular formula is C29H32N2O6. The number of amides is 2. The Morgan fingerprint density at radius 1 is 1.05 bits per heavy atom. The van der Waals surface area contributed by atoms with Crippen LogP contribution >= 0.6 is 0 Å². The molecule has 2 aromatic rings. The molecule has 0 aliphatic carbocycles. The first kappa shape index (κ1) is 26.2. The van der Waals surface area contributed by atoms with Crippen LogP contribution in [-0.4, -0.2) is 61.0 Å². The van der Waals surface area contributed by atoms with Crippen molar-refractivity contribution < 1.29 is 29.0 Å². The first-order valence-corrected chi connectivity index (χ1v) is 12.5. The molecule has 8 heteroatoms. The maximum atomic E-state index is 14.3. The largest absolute Gasteiger partial charge is 0.507 e. The Kier molecular flexibility index (Phi) is 7.78. The van der Waals surface area contributed by atoms with Crippen LogP contribution in [0.1, 0.15) is 37.3 Å². The normalized spacial score (nSPS) is 20.1. The highest BCUT2D eigenvalue weighted by Crippen LogP contribution is 2.53. The number of unbranched alkanes of at least 4 members (excludes halogenated alkanes) is 1. The number of aliphatic hydroxyl groups is 1. The molecule has 2 heterocycles. The van der Waals surface area contributed by atoms with Crippen molar-refractivity contribution in [1.82, 2.24) is 4.90 Å². The second-order valence-electron chi connectivity index (χ2n) is 9.02. The Morgan fingerprint density at radius 3 is 2.46 bits per heavy atom. The topological polar surface area (TPSA) is 96.4 Å². The molecule has 0 bridgehead atoms. The third-order valence-electron chi connectivity index (χ3n) is 6.77. The Labute approximate surface area is 216 Å². The molecule has 1 saturated heterocycles. The monoisotopic (exact) mass is 504 g/mol. The van der Waals surface area contributed by atoms with Gasteiger partial charge in [-0.05, 0) is 43.2 Å². The van der Waals surface area contributed by atoms with Gasteiger partial charge in [-0.1, -0.05) is 44.2 Å². The summed E-state index contributed by atoms with van der Waals surface area (Å²) < 4.78 is 10.7. The van der Waals surface area contributed by atoms with Gasteiger partial charge in [0.25, 0.3) is 17.6 Å². The number of ether oxygens (including phenoxy) is 2. The summed E-state index contributed by atoms with van der Waals surface area (Å²) in [4.78, 5) is 44.3. The van der Waals surface area contributed by atoms with Gasteiger partial charge in [0.2, 0.25) is 0 Å². The number of para-hydroxylation sites is 1. The van der Waals surface area contributed by atoms with Gasteiger partial charge in [0.15, 0.2) is 5.54 Å². The maximum Gasteiger partial charge on any atom is 0.296 e. The molecule has 0 aromatic heterocycles. The fourth-order valence-electron chi connectivity index (χ4n) is 5.08. The van der Waals surface area contributed by atoms with Crippen LogP contribution < -0.4 is 9.64 Å². The zero-order valence-electron chi connectivity index (χ0n) is 21.2. The van der Waals surface area contributed by atoms with E-state index < -0.39 is 28.9 Å². The summed E-state index contributed by atoms with van der Waals surface area (Å²) in [6.45, 7) is 6.87. The standard InChI is InChI=1S/C29H32N2O6/c1-4-6-16-30-23-11-8-7-10-22(23)29(28(30)35)24(26(33)27(34)31(29)17-9-19-36-3)25(32)20-12-14-21(15-13-20)37-18-5-2/h5,7-8,10-15,32H,2,4,6,9,16-19H2,1,3H3/b25-24+. The van der Waals surface area contributed by atoms with E-state index in [2.05, 4.69) is 6.58 Å². The quantitative estimate of drug-likeness (QED) is 0.163. The molecule has 1 fully saturated rings. The summed E-state index contributed by atoms with van der Waals surface area (Å²) >= 11 is 0. The molecule has 1 atom stereocenters. The molecule has 194 valence electrons. The van der Waals surface area contributed by atoms with Crippen LogP contribution in [0.4, 0.5) is 5.69 Å². The average Bonchev–Trinajstić information content (AvgIpc) is 3.29. The zero-order valence-corrected chi connectivity index (χ0v) is 21.2. The lowest BCUT2D eigenvalue weighted by molar-refractivity contribution is -0.143. The van der Waals surface area contributed by atoms with Gasteiger partial charge < -0.3 is 24.4 Å². The Balaban J connectivity index is 1.92. The van der Waals surface area contributed by atoms with Gasteiger partial charge in [0.05, 0.1) is 11.3 Å². The van der Waals surface area contributed by atoms with Crippen LogP contribution in [0.25, 0.3) is 5.76 Å². The molecule has 1 spiro atoms. The molecule has 2 aliphatic rings. The number of carbonyl (C=O) groups excluding carboxylic acids is 3. The van der Waals surface area contributed by atoms with Gasteiger partial charge in [-0.2, -0.15) is 0 Å². The molecule has 4 rings (SSSR count). The van der Waals surface area contributed by atoms with Crippen molar-refractivity contribution in [2.24, 2.45) is 0 Å². The Hall–Kier alpha value is -3.91. The van der Waals surface area contributed by atoms with E-state index in [1.54, 1.807) is 54.5 Å². The fourth-order valence-corrected chi connectivity index (χ4v) is 5.08. The van der Waals surface area contributed by atoms with Crippen LogP contribution in [0.15, 0.2) is 66.8 Å². The molecular weight excluding hydrogens is 472 g/mol. The Morgan fingerprint density at radius 2 is 1.78 bits per heavy atom. The second-order valence-corrected chi connectivity index (χ2v) is 9.02. The number of ketones is 1. The minimum absolute atomic E-state index is 0.116. The Bertz CT molecular complexity index is 1240. The molecule has 1 N–H and O–H groups in total. The van der Waals surface area contributed by atoms with E-state index in [0.29, 0.717) is 48.7 Å². The van der Waals surface area contributed by atoms with Gasteiger partial charge in [-0.25, -0.2) is 0 Å². The first-order valence-electron chi connectivity index (χ1n) is 12.5. The van der Waals surface area contributed by atoms with Crippen molar-refractivity contribution in [1.29, 1.82) is 0 Å². The number of benzene rings is 2. The summed E-state index contributed by atoms with van der Waals surface area (Å²) in [7, 11) is 1.55. The van der Waals surface area contributed by atoms with Crippen molar-refractivity contribution in [2.45, 2.75) is 31.7 Å². The van der Waals surface area contributed by atoms with Crippen molar-refractivity contribution in [2.75, 3.05) is 38.3 Å². The van der Waals surface area contributed by atoms with E-state index in [4.69, 9.17) is 9.47 Å². The number of likely N-dealkylation sites (tertiary alicyclic amines) is 1. The molecule has 8 nitrogen and oxygen atoms in total. The molecule has 2 amide bonds. The van der Waals surface area contributed by atoms with Gasteiger partial charge in [-0.15, -0.1) is 0 Å². The van der Waals surface area contributed by atoms with Gasteiger partial charge in [0, 0.05) is 37.9 Å². The number of carbonyl (C=O) groups is 3. The third-order valence-corrected chi connectivity index (χ3v) is 6.77. The lowest BCUT2D eigenvalue weighted by atomic mass is 9.82. The fraction of sp³-hybridized carbons (Fsp3) is 0.345. The summed E-state index contributed by atoms with van der Waals surface area (Å²) in [5, 5.41) is 11.5. The number of Topliss-reactive ketones (excluding diaryl/α,β-unsaturated/α-hetero) is 1. The lowest BCUT2D eigenvalue weighted by Crippen LogP contribution is -2.52. The highest BCUT2D eigenvalue weighted by Gasteiger charge is 2.66. The van der Waals surface area contributed by atoms with E-state index in [-0.39, 0.29) is 12.1 Å². The predicted molar refractivity (Wildman–Crippen MR) is 140 cm³/mol. The van der Waals surface area contributed by atoms with Gasteiger partial charge >= 0.3 is 0 Å². The van der Waals surface area contributed by atoms with Gasteiger partial charge in [-0.3, -0.25) is 14.4 Å². The first-order chi connectivity index (χ1) is 17.9. The van der Waals surface area contributed by atoms with Crippen molar-refractivity contribution in [3.63, 3.8) is 0 Å². The van der Waals surface area contributed by atoms with Crippen LogP contribution in [0.2, 0.25) is 0 Å². The number of methoxy groups -OCH3 is 1. The number of anilines is 1. The number of hydrogen-bond acceptors (Lipinski definition) is 6. The minimum Gasteiger partial charge on any atom is -0.507 e. The van der Waals surface area contributed by atoms with E-state index in [0.717, 1.165) is 12.8 Å². The molecule has 2 aliphatic heterocycles. The highest BCUT2D eigenvalue weighted by atomic mass is 16.5. The molecule has 0 radical (unpaired) electrons. The number of hydrogen-bond donors (Lipinski definition) is 1. The minimum atomic E-state index is -1.76. The van der Waals surface area contributed by atoms with Crippen LogP contribution in [0.5, 0.6) is 5.75 Å². The van der Waals surface area contributed by atoms with Crippen LogP contribution in [-0.2, 0) is 24.7 Å². The summed E-state index contributed by atoms with van der Waals surface area (Å²) in [5.74, 6) is -1.96. The van der Waals surface area contributed by atoms with Crippen molar-refractivity contribution in [3.8, 4) is 5.75 Å². The van der Waals surface area contributed by atoms with Crippen molar-refractivity contribution >= 4 is 29.0 Å². The smallest absolute Gasteiger partial charge is 0.296 e.